The Labute approximate surface area is 214 Å². The number of hydrogen-bond donors (Lipinski definition) is 2. The Morgan fingerprint density at radius 2 is 1.78 bits per heavy atom. The van der Waals surface area contributed by atoms with E-state index in [1.165, 1.54) is 4.90 Å². The van der Waals surface area contributed by atoms with Crippen LogP contribution in [0.25, 0.3) is 6.08 Å². The number of alkyl halides is 6. The van der Waals surface area contributed by atoms with E-state index >= 15 is 0 Å². The van der Waals surface area contributed by atoms with Gasteiger partial charge in [-0.1, -0.05) is 23.9 Å². The zero-order valence-electron chi connectivity index (χ0n) is 19.6. The van der Waals surface area contributed by atoms with E-state index in [1.807, 2.05) is 0 Å². The van der Waals surface area contributed by atoms with Crippen LogP contribution >= 0.6 is 11.8 Å². The highest BCUT2D eigenvalue weighted by molar-refractivity contribution is 7.99. The van der Waals surface area contributed by atoms with Gasteiger partial charge in [-0.3, -0.25) is 4.79 Å². The second-order valence-corrected chi connectivity index (χ2v) is 9.75. The van der Waals surface area contributed by atoms with Gasteiger partial charge in [0.15, 0.2) is 0 Å². The Hall–Kier alpha value is -2.70. The van der Waals surface area contributed by atoms with Crippen LogP contribution in [0.15, 0.2) is 52.3 Å². The maximum absolute atomic E-state index is 14.1. The molecule has 37 heavy (non-hydrogen) atoms. The lowest BCUT2D eigenvalue weighted by Crippen LogP contribution is -2.39. The SMILES string of the molecule is O=C(C=Cc1ccc(Sc2cccc(NC3CCNC3)c2)c(C(F)(F)F)c1C(F)(F)F)N1CCOCC1. The van der Waals surface area contributed by atoms with Crippen molar-refractivity contribution in [3.63, 3.8) is 0 Å². The van der Waals surface area contributed by atoms with Gasteiger partial charge in [-0.25, -0.2) is 0 Å². The predicted octanol–water partition coefficient (Wildman–Crippen LogP) is 5.52. The number of rotatable bonds is 6. The molecule has 0 radical (unpaired) electrons. The fourth-order valence-corrected chi connectivity index (χ4v) is 5.29. The van der Waals surface area contributed by atoms with Crippen LogP contribution in [0.5, 0.6) is 0 Å². The second-order valence-electron chi connectivity index (χ2n) is 8.63. The topological polar surface area (TPSA) is 53.6 Å². The number of carbonyl (C=O) groups excluding carboxylic acids is 1. The summed E-state index contributed by atoms with van der Waals surface area (Å²) in [5.41, 5.74) is -3.65. The molecule has 0 spiro atoms. The van der Waals surface area contributed by atoms with Gasteiger partial charge in [-0.15, -0.1) is 0 Å². The van der Waals surface area contributed by atoms with Crippen molar-refractivity contribution in [1.82, 2.24) is 10.2 Å². The largest absolute Gasteiger partial charge is 0.418 e. The Morgan fingerprint density at radius 1 is 1.05 bits per heavy atom. The molecule has 4 rings (SSSR count). The molecule has 2 heterocycles. The van der Waals surface area contributed by atoms with Gasteiger partial charge in [0.2, 0.25) is 5.91 Å². The van der Waals surface area contributed by atoms with Crippen molar-refractivity contribution >= 4 is 29.4 Å². The Morgan fingerprint density at radius 3 is 2.43 bits per heavy atom. The number of ether oxygens (including phenoxy) is 1. The standard InChI is InChI=1S/C25H25F6N3O2S/c26-24(27,28)22-16(5-7-21(35)34-10-12-36-13-11-34)4-6-20(23(22)25(29,30)31)37-19-3-1-2-17(14-19)33-18-8-9-32-15-18/h1-7,14,18,32-33H,8-13,15H2. The van der Waals surface area contributed by atoms with E-state index in [0.717, 1.165) is 43.8 Å². The molecule has 200 valence electrons. The summed E-state index contributed by atoms with van der Waals surface area (Å²) in [6.45, 7) is 2.67. The molecule has 12 heteroatoms. The highest BCUT2D eigenvalue weighted by atomic mass is 32.2. The van der Waals surface area contributed by atoms with Crippen LogP contribution in [-0.4, -0.2) is 56.2 Å². The first-order valence-electron chi connectivity index (χ1n) is 11.6. The van der Waals surface area contributed by atoms with Crippen LogP contribution in [0.2, 0.25) is 0 Å². The first-order valence-corrected chi connectivity index (χ1v) is 12.5. The first kappa shape index (κ1) is 27.3. The molecule has 2 aliphatic heterocycles. The van der Waals surface area contributed by atoms with Crippen LogP contribution in [-0.2, 0) is 21.9 Å². The minimum atomic E-state index is -5.30. The molecule has 1 atom stereocenters. The molecule has 5 nitrogen and oxygen atoms in total. The first-order chi connectivity index (χ1) is 17.5. The molecule has 0 aromatic heterocycles. The van der Waals surface area contributed by atoms with Gasteiger partial charge < -0.3 is 20.3 Å². The lowest BCUT2D eigenvalue weighted by Gasteiger charge is -2.25. The van der Waals surface area contributed by atoms with Crippen molar-refractivity contribution in [1.29, 1.82) is 0 Å². The van der Waals surface area contributed by atoms with Gasteiger partial charge >= 0.3 is 12.4 Å². The van der Waals surface area contributed by atoms with Crippen molar-refractivity contribution in [3.8, 4) is 0 Å². The number of nitrogens with one attached hydrogen (secondary N) is 2. The van der Waals surface area contributed by atoms with E-state index in [-0.39, 0.29) is 32.3 Å². The predicted molar refractivity (Wildman–Crippen MR) is 128 cm³/mol. The third kappa shape index (κ3) is 6.99. The minimum Gasteiger partial charge on any atom is -0.381 e. The van der Waals surface area contributed by atoms with Gasteiger partial charge in [-0.05, 0) is 48.9 Å². The van der Waals surface area contributed by atoms with Crippen LogP contribution < -0.4 is 10.6 Å². The van der Waals surface area contributed by atoms with Gasteiger partial charge in [-0.2, -0.15) is 26.3 Å². The van der Waals surface area contributed by atoms with Crippen molar-refractivity contribution in [2.24, 2.45) is 0 Å². The molecule has 2 aliphatic rings. The maximum atomic E-state index is 14.1. The van der Waals surface area contributed by atoms with Crippen molar-refractivity contribution in [3.05, 3.63) is 59.2 Å². The molecule has 2 aromatic carbocycles. The fourth-order valence-electron chi connectivity index (χ4n) is 4.25. The van der Waals surface area contributed by atoms with Gasteiger partial charge in [0.1, 0.15) is 0 Å². The lowest BCUT2D eigenvalue weighted by atomic mass is 9.99. The Bertz CT molecular complexity index is 1140. The number of nitrogens with zero attached hydrogens (tertiary/aromatic N) is 1. The zero-order chi connectivity index (χ0) is 26.6. The van der Waals surface area contributed by atoms with E-state index in [0.29, 0.717) is 22.3 Å². The summed E-state index contributed by atoms with van der Waals surface area (Å²) in [5, 5.41) is 6.48. The summed E-state index contributed by atoms with van der Waals surface area (Å²) in [6.07, 6.45) is -8.04. The van der Waals surface area contributed by atoms with Gasteiger partial charge in [0, 0.05) is 47.2 Å². The molecule has 2 aromatic rings. The van der Waals surface area contributed by atoms with Crippen LogP contribution in [0, 0.1) is 0 Å². The quantitative estimate of drug-likeness (QED) is 0.370. The summed E-state index contributed by atoms with van der Waals surface area (Å²) in [7, 11) is 0. The lowest BCUT2D eigenvalue weighted by molar-refractivity contribution is -0.163. The van der Waals surface area contributed by atoms with E-state index in [4.69, 9.17) is 4.74 Å². The molecule has 1 unspecified atom stereocenters. The van der Waals surface area contributed by atoms with Crippen LogP contribution in [0.3, 0.4) is 0 Å². The second kappa shape index (κ2) is 11.4. The fraction of sp³-hybridized carbons (Fsp3) is 0.400. The Balaban J connectivity index is 1.67. The number of carbonyl (C=O) groups is 1. The molecular formula is C25H25F6N3O2S. The molecule has 0 bridgehead atoms. The minimum absolute atomic E-state index is 0.161. The highest BCUT2D eigenvalue weighted by Gasteiger charge is 2.46. The summed E-state index contributed by atoms with van der Waals surface area (Å²) in [5.74, 6) is -0.592. The van der Waals surface area contributed by atoms with E-state index in [9.17, 15) is 31.1 Å². The zero-order valence-corrected chi connectivity index (χ0v) is 20.4. The molecule has 1 amide bonds. The van der Waals surface area contributed by atoms with E-state index in [2.05, 4.69) is 10.6 Å². The molecule has 2 fully saturated rings. The summed E-state index contributed by atoms with van der Waals surface area (Å²) in [4.78, 5) is 13.5. The monoisotopic (exact) mass is 545 g/mol. The molecular weight excluding hydrogens is 520 g/mol. The van der Waals surface area contributed by atoms with Gasteiger partial charge in [0.25, 0.3) is 0 Å². The number of halogens is 6. The maximum Gasteiger partial charge on any atom is 0.418 e. The summed E-state index contributed by atoms with van der Waals surface area (Å²) < 4.78 is 89.7. The Kier molecular flexibility index (Phi) is 8.39. The molecule has 0 saturated carbocycles. The van der Waals surface area contributed by atoms with Crippen LogP contribution in [0.1, 0.15) is 23.1 Å². The molecule has 2 N–H and O–H groups in total. The highest BCUT2D eigenvalue weighted by Crippen LogP contribution is 2.48. The average Bonchev–Trinajstić information content (AvgIpc) is 3.35. The number of amides is 1. The number of morpholine rings is 1. The summed E-state index contributed by atoms with van der Waals surface area (Å²) in [6, 6.07) is 8.70. The van der Waals surface area contributed by atoms with Crippen molar-refractivity contribution in [2.45, 2.75) is 34.6 Å². The van der Waals surface area contributed by atoms with E-state index < -0.39 is 39.8 Å². The van der Waals surface area contributed by atoms with Gasteiger partial charge in [0.05, 0.1) is 24.3 Å². The summed E-state index contributed by atoms with van der Waals surface area (Å²) >= 11 is 0.610. The number of anilines is 1. The van der Waals surface area contributed by atoms with Crippen LogP contribution in [0.4, 0.5) is 32.0 Å². The third-order valence-electron chi connectivity index (χ3n) is 5.99. The van der Waals surface area contributed by atoms with Crippen molar-refractivity contribution in [2.75, 3.05) is 44.7 Å². The smallest absolute Gasteiger partial charge is 0.381 e. The number of benzene rings is 2. The average molecular weight is 546 g/mol. The molecule has 2 saturated heterocycles. The third-order valence-corrected chi connectivity index (χ3v) is 7.04. The number of hydrogen-bond acceptors (Lipinski definition) is 5. The normalized spacial score (nSPS) is 19.0. The van der Waals surface area contributed by atoms with Crippen molar-refractivity contribution < 1.29 is 35.9 Å². The van der Waals surface area contributed by atoms with E-state index in [1.54, 1.807) is 24.3 Å². The molecule has 0 aliphatic carbocycles.